The molecule has 0 spiro atoms. The van der Waals surface area contributed by atoms with E-state index in [1.165, 1.54) is 12.8 Å². The summed E-state index contributed by atoms with van der Waals surface area (Å²) in [5.74, 6) is 1.50. The van der Waals surface area contributed by atoms with E-state index in [1.807, 2.05) is 25.1 Å². The molecule has 1 saturated carbocycles. The number of rotatable bonds is 2. The van der Waals surface area contributed by atoms with E-state index in [-0.39, 0.29) is 6.10 Å². The minimum Gasteiger partial charge on any atom is -0.489 e. The molecule has 1 aliphatic carbocycles. The summed E-state index contributed by atoms with van der Waals surface area (Å²) in [6.07, 6.45) is 5.05. The zero-order chi connectivity index (χ0) is 12.3. The van der Waals surface area contributed by atoms with Gasteiger partial charge in [-0.3, -0.25) is 0 Å². The maximum atomic E-state index is 9.06. The van der Waals surface area contributed by atoms with Crippen LogP contribution in [0.2, 0.25) is 0 Å². The van der Waals surface area contributed by atoms with E-state index in [2.05, 4.69) is 13.0 Å². The van der Waals surface area contributed by atoms with Crippen molar-refractivity contribution < 1.29 is 4.74 Å². The molecule has 0 heterocycles. The molecule has 1 aliphatic rings. The third-order valence-electron chi connectivity index (χ3n) is 3.44. The Balaban J connectivity index is 2.12. The fourth-order valence-electron chi connectivity index (χ4n) is 2.48. The van der Waals surface area contributed by atoms with Crippen molar-refractivity contribution in [2.45, 2.75) is 45.6 Å². The lowest BCUT2D eigenvalue weighted by Gasteiger charge is -2.27. The summed E-state index contributed by atoms with van der Waals surface area (Å²) in [5, 5.41) is 9.06. The van der Waals surface area contributed by atoms with Crippen molar-refractivity contribution in [1.82, 2.24) is 0 Å². The van der Waals surface area contributed by atoms with Gasteiger partial charge < -0.3 is 4.74 Å². The Labute approximate surface area is 103 Å². The molecule has 0 saturated heterocycles. The van der Waals surface area contributed by atoms with Crippen molar-refractivity contribution in [2.75, 3.05) is 0 Å². The number of nitriles is 1. The number of benzene rings is 1. The van der Waals surface area contributed by atoms with Crippen molar-refractivity contribution in [1.29, 1.82) is 5.26 Å². The van der Waals surface area contributed by atoms with Crippen LogP contribution in [0.1, 0.15) is 43.7 Å². The van der Waals surface area contributed by atoms with Crippen LogP contribution >= 0.6 is 0 Å². The molecule has 0 N–H and O–H groups in total. The molecular formula is C15H19NO. The lowest BCUT2D eigenvalue weighted by molar-refractivity contribution is 0.129. The molecule has 0 amide bonds. The van der Waals surface area contributed by atoms with Gasteiger partial charge in [-0.2, -0.15) is 5.26 Å². The summed E-state index contributed by atoms with van der Waals surface area (Å²) in [7, 11) is 0. The third-order valence-corrected chi connectivity index (χ3v) is 3.44. The Morgan fingerprint density at radius 3 is 2.88 bits per heavy atom. The predicted octanol–water partition coefficient (Wildman–Crippen LogP) is 3.82. The smallest absolute Gasteiger partial charge is 0.137 e. The number of nitrogens with zero attached hydrogens (tertiary/aromatic N) is 1. The van der Waals surface area contributed by atoms with E-state index in [1.54, 1.807) is 0 Å². The zero-order valence-electron chi connectivity index (χ0n) is 10.6. The first-order valence-corrected chi connectivity index (χ1v) is 6.36. The molecular weight excluding hydrogens is 210 g/mol. The molecule has 17 heavy (non-hydrogen) atoms. The van der Waals surface area contributed by atoms with Gasteiger partial charge in [0.1, 0.15) is 11.8 Å². The van der Waals surface area contributed by atoms with Crippen LogP contribution in [-0.2, 0) is 0 Å². The summed E-state index contributed by atoms with van der Waals surface area (Å²) in [4.78, 5) is 0. The fraction of sp³-hybridized carbons (Fsp3) is 0.533. The predicted molar refractivity (Wildman–Crippen MR) is 67.9 cm³/mol. The highest BCUT2D eigenvalue weighted by Crippen LogP contribution is 2.29. The van der Waals surface area contributed by atoms with Crippen LogP contribution in [0.5, 0.6) is 5.75 Å². The van der Waals surface area contributed by atoms with Gasteiger partial charge in [0.15, 0.2) is 0 Å². The van der Waals surface area contributed by atoms with Crippen molar-refractivity contribution in [3.05, 3.63) is 29.3 Å². The van der Waals surface area contributed by atoms with Gasteiger partial charge in [-0.1, -0.05) is 19.4 Å². The molecule has 0 aromatic heterocycles. The van der Waals surface area contributed by atoms with Gasteiger partial charge in [-0.05, 0) is 49.8 Å². The number of ether oxygens (including phenoxy) is 1. The Morgan fingerprint density at radius 2 is 2.18 bits per heavy atom. The normalized spacial score (nSPS) is 24.1. The molecule has 2 unspecified atom stereocenters. The molecule has 2 nitrogen and oxygen atoms in total. The van der Waals surface area contributed by atoms with Crippen LogP contribution in [0.15, 0.2) is 18.2 Å². The standard InChI is InChI=1S/C15H19NO/c1-11-4-3-5-14(8-11)17-15-9-12(2)6-7-13(15)10-16/h6-7,9,11,14H,3-5,8H2,1-2H3. The highest BCUT2D eigenvalue weighted by atomic mass is 16.5. The van der Waals surface area contributed by atoms with Gasteiger partial charge in [0.05, 0.1) is 11.7 Å². The average Bonchev–Trinajstić information content (AvgIpc) is 2.29. The van der Waals surface area contributed by atoms with Gasteiger partial charge in [0.2, 0.25) is 0 Å². The Hall–Kier alpha value is -1.49. The van der Waals surface area contributed by atoms with E-state index >= 15 is 0 Å². The molecule has 2 atom stereocenters. The van der Waals surface area contributed by atoms with Crippen molar-refractivity contribution in [3.63, 3.8) is 0 Å². The quantitative estimate of drug-likeness (QED) is 0.772. The minimum absolute atomic E-state index is 0.285. The van der Waals surface area contributed by atoms with Gasteiger partial charge >= 0.3 is 0 Å². The van der Waals surface area contributed by atoms with E-state index < -0.39 is 0 Å². The highest BCUT2D eigenvalue weighted by Gasteiger charge is 2.21. The number of hydrogen-bond donors (Lipinski definition) is 0. The summed E-state index contributed by atoms with van der Waals surface area (Å²) >= 11 is 0. The Morgan fingerprint density at radius 1 is 1.35 bits per heavy atom. The van der Waals surface area contributed by atoms with E-state index in [0.717, 1.165) is 30.1 Å². The largest absolute Gasteiger partial charge is 0.489 e. The second kappa shape index (κ2) is 5.23. The molecule has 2 rings (SSSR count). The average molecular weight is 229 g/mol. The second-order valence-electron chi connectivity index (χ2n) is 5.12. The summed E-state index contributed by atoms with van der Waals surface area (Å²) < 4.78 is 6.01. The topological polar surface area (TPSA) is 33.0 Å². The van der Waals surface area contributed by atoms with Gasteiger partial charge in [-0.15, -0.1) is 0 Å². The molecule has 0 aliphatic heterocycles. The van der Waals surface area contributed by atoms with Crippen LogP contribution in [0.25, 0.3) is 0 Å². The van der Waals surface area contributed by atoms with Crippen LogP contribution in [0.4, 0.5) is 0 Å². The first-order valence-electron chi connectivity index (χ1n) is 6.36. The Kier molecular flexibility index (Phi) is 3.68. The van der Waals surface area contributed by atoms with Crippen LogP contribution in [0.3, 0.4) is 0 Å². The van der Waals surface area contributed by atoms with E-state index in [0.29, 0.717) is 5.56 Å². The van der Waals surface area contributed by atoms with Crippen LogP contribution in [-0.4, -0.2) is 6.10 Å². The maximum absolute atomic E-state index is 9.06. The SMILES string of the molecule is Cc1ccc(C#N)c(OC2CCCC(C)C2)c1. The van der Waals surface area contributed by atoms with Crippen molar-refractivity contribution in [2.24, 2.45) is 5.92 Å². The second-order valence-corrected chi connectivity index (χ2v) is 5.12. The lowest BCUT2D eigenvalue weighted by atomic mass is 9.88. The van der Waals surface area contributed by atoms with E-state index in [4.69, 9.17) is 10.00 Å². The Bertz CT molecular complexity index is 433. The van der Waals surface area contributed by atoms with Crippen molar-refractivity contribution >= 4 is 0 Å². The molecule has 90 valence electrons. The molecule has 0 radical (unpaired) electrons. The number of hydrogen-bond acceptors (Lipinski definition) is 2. The molecule has 0 bridgehead atoms. The summed E-state index contributed by atoms with van der Waals surface area (Å²) in [6, 6.07) is 7.97. The van der Waals surface area contributed by atoms with Gasteiger partial charge in [0.25, 0.3) is 0 Å². The third kappa shape index (κ3) is 3.00. The first-order chi connectivity index (χ1) is 8.19. The summed E-state index contributed by atoms with van der Waals surface area (Å²) in [5.41, 5.74) is 1.79. The monoisotopic (exact) mass is 229 g/mol. The maximum Gasteiger partial charge on any atom is 0.137 e. The minimum atomic E-state index is 0.285. The molecule has 1 fully saturated rings. The first kappa shape index (κ1) is 12.0. The van der Waals surface area contributed by atoms with E-state index in [9.17, 15) is 0 Å². The molecule has 1 aromatic carbocycles. The van der Waals surface area contributed by atoms with Crippen LogP contribution < -0.4 is 4.74 Å². The molecule has 1 aromatic rings. The number of aryl methyl sites for hydroxylation is 1. The van der Waals surface area contributed by atoms with Crippen LogP contribution in [0, 0.1) is 24.2 Å². The lowest BCUT2D eigenvalue weighted by Crippen LogP contribution is -2.24. The van der Waals surface area contributed by atoms with Gasteiger partial charge in [0, 0.05) is 0 Å². The highest BCUT2D eigenvalue weighted by molar-refractivity contribution is 5.45. The zero-order valence-corrected chi connectivity index (χ0v) is 10.6. The fourth-order valence-corrected chi connectivity index (χ4v) is 2.48. The van der Waals surface area contributed by atoms with Crippen molar-refractivity contribution in [3.8, 4) is 11.8 Å². The van der Waals surface area contributed by atoms with Gasteiger partial charge in [-0.25, -0.2) is 0 Å². The summed E-state index contributed by atoms with van der Waals surface area (Å²) in [6.45, 7) is 4.30. The molecule has 2 heteroatoms.